The minimum atomic E-state index is 0.512. The summed E-state index contributed by atoms with van der Waals surface area (Å²) in [5.74, 6) is 1.05. The van der Waals surface area contributed by atoms with E-state index < -0.39 is 0 Å². The molecule has 0 radical (unpaired) electrons. The molecule has 3 rings (SSSR count). The first-order chi connectivity index (χ1) is 9.76. The molecule has 0 amide bonds. The van der Waals surface area contributed by atoms with Crippen LogP contribution in [0.4, 0.5) is 0 Å². The van der Waals surface area contributed by atoms with Crippen LogP contribution in [0.3, 0.4) is 0 Å². The van der Waals surface area contributed by atoms with Crippen LogP contribution in [0, 0.1) is 0 Å². The van der Waals surface area contributed by atoms with Crippen molar-refractivity contribution in [3.8, 4) is 16.9 Å². The van der Waals surface area contributed by atoms with Crippen molar-refractivity contribution in [1.29, 1.82) is 0 Å². The fourth-order valence-corrected chi connectivity index (χ4v) is 2.66. The highest BCUT2D eigenvalue weighted by Gasteiger charge is 2.12. The molecule has 0 saturated carbocycles. The summed E-state index contributed by atoms with van der Waals surface area (Å²) in [7, 11) is 2.01. The average Bonchev–Trinajstić information content (AvgIpc) is 2.95. The molecule has 1 aliphatic heterocycles. The van der Waals surface area contributed by atoms with Gasteiger partial charge in [0, 0.05) is 12.5 Å². The summed E-state index contributed by atoms with van der Waals surface area (Å²) < 4.78 is 5.56. The van der Waals surface area contributed by atoms with E-state index in [1.54, 1.807) is 0 Å². The van der Waals surface area contributed by atoms with Crippen LogP contribution < -0.4 is 10.1 Å². The Morgan fingerprint density at radius 2 is 1.85 bits per heavy atom. The van der Waals surface area contributed by atoms with Crippen molar-refractivity contribution in [2.75, 3.05) is 13.7 Å². The summed E-state index contributed by atoms with van der Waals surface area (Å²) in [6, 6.07) is 15.9. The van der Waals surface area contributed by atoms with Crippen molar-refractivity contribution >= 4 is 0 Å². The molecule has 1 unspecified atom stereocenters. The summed E-state index contributed by atoms with van der Waals surface area (Å²) in [5.41, 5.74) is 5.26. The molecule has 0 aromatic heterocycles. The molecule has 20 heavy (non-hydrogen) atoms. The molecule has 0 saturated heterocycles. The van der Waals surface area contributed by atoms with E-state index in [1.165, 1.54) is 22.3 Å². The lowest BCUT2D eigenvalue weighted by Gasteiger charge is -2.11. The van der Waals surface area contributed by atoms with Gasteiger partial charge in [-0.2, -0.15) is 0 Å². The van der Waals surface area contributed by atoms with Crippen molar-refractivity contribution in [2.24, 2.45) is 0 Å². The Hall–Kier alpha value is -1.80. The number of rotatable bonds is 4. The maximum Gasteiger partial charge on any atom is 0.122 e. The molecule has 2 heteroatoms. The van der Waals surface area contributed by atoms with Crippen molar-refractivity contribution in [2.45, 2.75) is 25.8 Å². The van der Waals surface area contributed by atoms with Crippen molar-refractivity contribution in [1.82, 2.24) is 5.32 Å². The van der Waals surface area contributed by atoms with Gasteiger partial charge in [0.05, 0.1) is 6.61 Å². The topological polar surface area (TPSA) is 21.3 Å². The molecule has 1 N–H and O–H groups in total. The predicted octanol–water partition coefficient (Wildman–Crippen LogP) is 3.44. The summed E-state index contributed by atoms with van der Waals surface area (Å²) in [5, 5.41) is 3.27. The molecule has 2 aromatic carbocycles. The van der Waals surface area contributed by atoms with Gasteiger partial charge in [0.25, 0.3) is 0 Å². The highest BCUT2D eigenvalue weighted by Crippen LogP contribution is 2.30. The molecule has 2 nitrogen and oxygen atoms in total. The highest BCUT2D eigenvalue weighted by molar-refractivity contribution is 5.66. The van der Waals surface area contributed by atoms with Crippen LogP contribution in [0.2, 0.25) is 0 Å². The normalized spacial score (nSPS) is 14.7. The monoisotopic (exact) mass is 267 g/mol. The standard InChI is InChI=1S/C18H21NO/c1-13(19-2)11-14-3-5-15(6-4-14)16-7-8-18-17(12-16)9-10-20-18/h3-8,12-13,19H,9-11H2,1-2H3. The van der Waals surface area contributed by atoms with E-state index in [4.69, 9.17) is 4.74 Å². The van der Waals surface area contributed by atoms with Crippen LogP contribution in [0.15, 0.2) is 42.5 Å². The number of hydrogen-bond donors (Lipinski definition) is 1. The lowest BCUT2D eigenvalue weighted by atomic mass is 9.99. The van der Waals surface area contributed by atoms with E-state index in [0.717, 1.165) is 25.2 Å². The Bertz CT molecular complexity index is 589. The van der Waals surface area contributed by atoms with Gasteiger partial charge in [-0.05, 0) is 54.8 Å². The lowest BCUT2D eigenvalue weighted by Crippen LogP contribution is -2.23. The van der Waals surface area contributed by atoms with E-state index in [9.17, 15) is 0 Å². The Balaban J connectivity index is 1.80. The molecule has 0 bridgehead atoms. The number of hydrogen-bond acceptors (Lipinski definition) is 2. The number of benzene rings is 2. The zero-order chi connectivity index (χ0) is 13.9. The fourth-order valence-electron chi connectivity index (χ4n) is 2.66. The van der Waals surface area contributed by atoms with Crippen LogP contribution in [0.1, 0.15) is 18.1 Å². The third-order valence-corrected chi connectivity index (χ3v) is 4.01. The first kappa shape index (κ1) is 13.2. The minimum Gasteiger partial charge on any atom is -0.493 e. The molecule has 1 heterocycles. The smallest absolute Gasteiger partial charge is 0.122 e. The van der Waals surface area contributed by atoms with E-state index in [-0.39, 0.29) is 0 Å². The van der Waals surface area contributed by atoms with Crippen LogP contribution in [-0.2, 0) is 12.8 Å². The van der Waals surface area contributed by atoms with E-state index in [2.05, 4.69) is 54.7 Å². The third kappa shape index (κ3) is 2.70. The zero-order valence-corrected chi connectivity index (χ0v) is 12.1. The largest absolute Gasteiger partial charge is 0.493 e. The van der Waals surface area contributed by atoms with Gasteiger partial charge in [0.15, 0.2) is 0 Å². The lowest BCUT2D eigenvalue weighted by molar-refractivity contribution is 0.357. The van der Waals surface area contributed by atoms with Gasteiger partial charge in [-0.15, -0.1) is 0 Å². The number of nitrogens with one attached hydrogen (secondary N) is 1. The molecular formula is C18H21NO. The van der Waals surface area contributed by atoms with Gasteiger partial charge < -0.3 is 10.1 Å². The molecular weight excluding hydrogens is 246 g/mol. The molecule has 2 aromatic rings. The van der Waals surface area contributed by atoms with Gasteiger partial charge in [0.1, 0.15) is 5.75 Å². The van der Waals surface area contributed by atoms with Crippen molar-refractivity contribution < 1.29 is 4.74 Å². The van der Waals surface area contributed by atoms with Crippen LogP contribution in [0.25, 0.3) is 11.1 Å². The number of fused-ring (bicyclic) bond motifs is 1. The average molecular weight is 267 g/mol. The summed E-state index contributed by atoms with van der Waals surface area (Å²) in [6.07, 6.45) is 2.09. The van der Waals surface area contributed by atoms with Crippen LogP contribution >= 0.6 is 0 Å². The Morgan fingerprint density at radius 3 is 2.60 bits per heavy atom. The molecule has 1 atom stereocenters. The van der Waals surface area contributed by atoms with Crippen LogP contribution in [0.5, 0.6) is 5.75 Å². The first-order valence-corrected chi connectivity index (χ1v) is 7.28. The van der Waals surface area contributed by atoms with Gasteiger partial charge >= 0.3 is 0 Å². The van der Waals surface area contributed by atoms with Gasteiger partial charge in [-0.1, -0.05) is 30.3 Å². The second-order valence-corrected chi connectivity index (χ2v) is 5.51. The Morgan fingerprint density at radius 1 is 1.10 bits per heavy atom. The van der Waals surface area contributed by atoms with Gasteiger partial charge in [0.2, 0.25) is 0 Å². The quantitative estimate of drug-likeness (QED) is 0.916. The maximum absolute atomic E-state index is 5.56. The fraction of sp³-hybridized carbons (Fsp3) is 0.333. The second kappa shape index (κ2) is 5.68. The molecule has 104 valence electrons. The predicted molar refractivity (Wildman–Crippen MR) is 83.3 cm³/mol. The summed E-state index contributed by atoms with van der Waals surface area (Å²) >= 11 is 0. The number of likely N-dealkylation sites (N-methyl/N-ethyl adjacent to an activating group) is 1. The van der Waals surface area contributed by atoms with Crippen molar-refractivity contribution in [3.63, 3.8) is 0 Å². The maximum atomic E-state index is 5.56. The summed E-state index contributed by atoms with van der Waals surface area (Å²) in [4.78, 5) is 0. The van der Waals surface area contributed by atoms with Gasteiger partial charge in [-0.3, -0.25) is 0 Å². The second-order valence-electron chi connectivity index (χ2n) is 5.51. The van der Waals surface area contributed by atoms with Crippen molar-refractivity contribution in [3.05, 3.63) is 53.6 Å². The van der Waals surface area contributed by atoms with E-state index in [0.29, 0.717) is 6.04 Å². The van der Waals surface area contributed by atoms with E-state index >= 15 is 0 Å². The Labute approximate surface area is 120 Å². The minimum absolute atomic E-state index is 0.512. The van der Waals surface area contributed by atoms with Crippen LogP contribution in [-0.4, -0.2) is 19.7 Å². The first-order valence-electron chi connectivity index (χ1n) is 7.28. The number of ether oxygens (including phenoxy) is 1. The zero-order valence-electron chi connectivity index (χ0n) is 12.1. The third-order valence-electron chi connectivity index (χ3n) is 4.01. The molecule has 0 spiro atoms. The summed E-state index contributed by atoms with van der Waals surface area (Å²) in [6.45, 7) is 3.02. The van der Waals surface area contributed by atoms with Gasteiger partial charge in [-0.25, -0.2) is 0 Å². The van der Waals surface area contributed by atoms with E-state index in [1.807, 2.05) is 7.05 Å². The Kier molecular flexibility index (Phi) is 3.75. The molecule has 0 aliphatic carbocycles. The molecule has 0 fully saturated rings. The highest BCUT2D eigenvalue weighted by atomic mass is 16.5. The molecule has 1 aliphatic rings. The SMILES string of the molecule is CNC(C)Cc1ccc(-c2ccc3c(c2)CCO3)cc1.